The summed E-state index contributed by atoms with van der Waals surface area (Å²) >= 11 is 0. The zero-order chi connectivity index (χ0) is 25.1. The van der Waals surface area contributed by atoms with Gasteiger partial charge in [0, 0.05) is 0 Å². The molecule has 9 rings (SSSR count). The molecule has 0 saturated heterocycles. The second-order valence-electron chi connectivity index (χ2n) is 10.9. The molecule has 176 valence electrons. The summed E-state index contributed by atoms with van der Waals surface area (Å²) < 4.78 is 0. The average Bonchev–Trinajstić information content (AvgIpc) is 3.48. The zero-order valence-corrected chi connectivity index (χ0v) is 21.4. The van der Waals surface area contributed by atoms with E-state index in [9.17, 15) is 0 Å². The predicted octanol–water partition coefficient (Wildman–Crippen LogP) is 10.9. The van der Waals surface area contributed by atoms with E-state index in [2.05, 4.69) is 123 Å². The van der Waals surface area contributed by atoms with Crippen LogP contribution in [0.1, 0.15) is 11.1 Å². The van der Waals surface area contributed by atoms with Crippen LogP contribution in [-0.2, 0) is 0 Å². The third kappa shape index (κ3) is 2.32. The summed E-state index contributed by atoms with van der Waals surface area (Å²) in [5.41, 5.74) is 5.36. The Bertz CT molecular complexity index is 2390. The molecular formula is C38H24. The zero-order valence-electron chi connectivity index (χ0n) is 21.4. The fourth-order valence-electron chi connectivity index (χ4n) is 7.57. The molecule has 0 bridgehead atoms. The summed E-state index contributed by atoms with van der Waals surface area (Å²) in [6.45, 7) is 4.69. The van der Waals surface area contributed by atoms with Gasteiger partial charge in [0.2, 0.25) is 0 Å². The maximum absolute atomic E-state index is 2.48. The Morgan fingerprint density at radius 1 is 0.316 bits per heavy atom. The molecule has 0 aromatic heterocycles. The third-order valence-corrected chi connectivity index (χ3v) is 9.11. The second-order valence-corrected chi connectivity index (χ2v) is 10.9. The molecule has 38 heavy (non-hydrogen) atoms. The standard InChI is InChI=1S/C38H24/c1-21-32-20-33-26-13-7-6-12-25(26)28-15-9-16-29(38(28)33)34(32)22(2)36-30-17-8-14-27-24(23-10-4-3-5-11-23)18-19-31(35(21)36)37(27)30/h3-20H,1-2H3. The van der Waals surface area contributed by atoms with Gasteiger partial charge in [0.25, 0.3) is 0 Å². The van der Waals surface area contributed by atoms with Crippen molar-refractivity contribution in [3.05, 3.63) is 120 Å². The van der Waals surface area contributed by atoms with Crippen molar-refractivity contribution in [1.29, 1.82) is 0 Å². The molecule has 0 heteroatoms. The van der Waals surface area contributed by atoms with Gasteiger partial charge in [-0.3, -0.25) is 0 Å². The lowest BCUT2D eigenvalue weighted by molar-refractivity contribution is 1.57. The van der Waals surface area contributed by atoms with Crippen molar-refractivity contribution in [2.24, 2.45) is 0 Å². The van der Waals surface area contributed by atoms with Crippen LogP contribution in [0.15, 0.2) is 109 Å². The minimum Gasteiger partial charge on any atom is -0.0622 e. The molecule has 0 amide bonds. The maximum atomic E-state index is 2.48. The van der Waals surface area contributed by atoms with Gasteiger partial charge in [-0.25, -0.2) is 0 Å². The molecule has 0 nitrogen and oxygen atoms in total. The van der Waals surface area contributed by atoms with Crippen molar-refractivity contribution < 1.29 is 0 Å². The van der Waals surface area contributed by atoms with Gasteiger partial charge in [0.15, 0.2) is 0 Å². The van der Waals surface area contributed by atoms with Crippen molar-refractivity contribution >= 4 is 75.4 Å². The number of rotatable bonds is 1. The quantitative estimate of drug-likeness (QED) is 0.205. The van der Waals surface area contributed by atoms with Crippen LogP contribution in [0.25, 0.3) is 86.5 Å². The van der Waals surface area contributed by atoms with Crippen LogP contribution in [0.4, 0.5) is 0 Å². The van der Waals surface area contributed by atoms with Gasteiger partial charge >= 0.3 is 0 Å². The SMILES string of the molecule is Cc1c2cc3c4ccccc4c4cccc(c2c(C)c2c5cccc6c(-c7ccccc7)ccc(c12)c65)c43. The van der Waals surface area contributed by atoms with Gasteiger partial charge in [-0.1, -0.05) is 103 Å². The molecule has 0 atom stereocenters. The summed E-state index contributed by atoms with van der Waals surface area (Å²) in [7, 11) is 0. The molecular weight excluding hydrogens is 456 g/mol. The van der Waals surface area contributed by atoms with E-state index >= 15 is 0 Å². The van der Waals surface area contributed by atoms with E-state index < -0.39 is 0 Å². The molecule has 0 heterocycles. The smallest absolute Gasteiger partial charge is 0.00198 e. The average molecular weight is 481 g/mol. The Morgan fingerprint density at radius 2 is 0.868 bits per heavy atom. The van der Waals surface area contributed by atoms with Crippen LogP contribution in [0.2, 0.25) is 0 Å². The molecule has 9 aromatic carbocycles. The third-order valence-electron chi connectivity index (χ3n) is 9.11. The highest BCUT2D eigenvalue weighted by Crippen LogP contribution is 2.49. The first-order chi connectivity index (χ1) is 18.7. The molecule has 0 aliphatic rings. The molecule has 0 aliphatic carbocycles. The first-order valence-electron chi connectivity index (χ1n) is 13.5. The van der Waals surface area contributed by atoms with E-state index in [0.717, 1.165) is 0 Å². The number of fused-ring (bicyclic) bond motifs is 8. The first kappa shape index (κ1) is 20.4. The Labute approximate surface area is 220 Å². The molecule has 0 radical (unpaired) electrons. The number of hydrogen-bond donors (Lipinski definition) is 0. The monoisotopic (exact) mass is 480 g/mol. The van der Waals surface area contributed by atoms with E-state index in [1.807, 2.05) is 0 Å². The van der Waals surface area contributed by atoms with E-state index in [4.69, 9.17) is 0 Å². The van der Waals surface area contributed by atoms with Gasteiger partial charge < -0.3 is 0 Å². The van der Waals surface area contributed by atoms with Crippen molar-refractivity contribution in [3.63, 3.8) is 0 Å². The highest BCUT2D eigenvalue weighted by atomic mass is 14.3. The number of aryl methyl sites for hydroxylation is 2. The molecule has 0 fully saturated rings. The minimum atomic E-state index is 1.27. The summed E-state index contributed by atoms with van der Waals surface area (Å²) in [6.07, 6.45) is 0. The second kappa shape index (κ2) is 7.00. The Balaban J connectivity index is 1.54. The van der Waals surface area contributed by atoms with E-state index in [-0.39, 0.29) is 0 Å². The lowest BCUT2D eigenvalue weighted by Gasteiger charge is -2.14. The van der Waals surface area contributed by atoms with Crippen molar-refractivity contribution in [2.45, 2.75) is 13.8 Å². The fourth-order valence-corrected chi connectivity index (χ4v) is 7.57. The molecule has 9 aromatic rings. The van der Waals surface area contributed by atoms with Crippen LogP contribution in [0, 0.1) is 13.8 Å². The minimum absolute atomic E-state index is 1.27. The molecule has 0 saturated carbocycles. The predicted molar refractivity (Wildman–Crippen MR) is 166 cm³/mol. The van der Waals surface area contributed by atoms with Gasteiger partial charge in [-0.15, -0.1) is 0 Å². The summed E-state index contributed by atoms with van der Waals surface area (Å²) in [6, 6.07) is 40.6. The van der Waals surface area contributed by atoms with Crippen molar-refractivity contribution in [1.82, 2.24) is 0 Å². The Morgan fingerprint density at radius 3 is 1.66 bits per heavy atom. The Kier molecular flexibility index (Phi) is 3.75. The molecule has 0 spiro atoms. The lowest BCUT2D eigenvalue weighted by atomic mass is 9.89. The molecule has 0 aliphatic heterocycles. The fraction of sp³-hybridized carbons (Fsp3) is 0.0526. The van der Waals surface area contributed by atoms with Crippen LogP contribution >= 0.6 is 0 Å². The summed E-state index contributed by atoms with van der Waals surface area (Å²) in [5, 5.41) is 19.3. The lowest BCUT2D eigenvalue weighted by Crippen LogP contribution is -1.88. The van der Waals surface area contributed by atoms with Gasteiger partial charge in [0.1, 0.15) is 0 Å². The van der Waals surface area contributed by atoms with Crippen LogP contribution in [-0.4, -0.2) is 0 Å². The van der Waals surface area contributed by atoms with Crippen LogP contribution < -0.4 is 0 Å². The van der Waals surface area contributed by atoms with E-state index in [0.29, 0.717) is 0 Å². The van der Waals surface area contributed by atoms with Crippen molar-refractivity contribution in [3.8, 4) is 11.1 Å². The van der Waals surface area contributed by atoms with Gasteiger partial charge in [-0.05, 0) is 118 Å². The normalized spacial score (nSPS) is 12.5. The van der Waals surface area contributed by atoms with Crippen LogP contribution in [0.3, 0.4) is 0 Å². The number of hydrogen-bond acceptors (Lipinski definition) is 0. The van der Waals surface area contributed by atoms with Gasteiger partial charge in [0.05, 0.1) is 0 Å². The first-order valence-corrected chi connectivity index (χ1v) is 13.5. The summed E-state index contributed by atoms with van der Waals surface area (Å²) in [4.78, 5) is 0. The highest BCUT2D eigenvalue weighted by molar-refractivity contribution is 6.40. The topological polar surface area (TPSA) is 0 Å². The number of benzene rings is 7. The van der Waals surface area contributed by atoms with E-state index in [1.54, 1.807) is 0 Å². The van der Waals surface area contributed by atoms with Crippen molar-refractivity contribution in [2.75, 3.05) is 0 Å². The molecule has 0 unspecified atom stereocenters. The van der Waals surface area contributed by atoms with E-state index in [1.165, 1.54) is 97.7 Å². The van der Waals surface area contributed by atoms with Gasteiger partial charge in [-0.2, -0.15) is 0 Å². The summed E-state index contributed by atoms with van der Waals surface area (Å²) in [5.74, 6) is 0. The largest absolute Gasteiger partial charge is 0.0622 e. The Hall–Kier alpha value is -4.68. The highest BCUT2D eigenvalue weighted by Gasteiger charge is 2.22. The molecule has 0 N–H and O–H groups in total. The maximum Gasteiger partial charge on any atom is -0.00198 e. The van der Waals surface area contributed by atoms with Crippen LogP contribution in [0.5, 0.6) is 0 Å².